The second kappa shape index (κ2) is 6.60. The minimum absolute atomic E-state index is 0.519. The molecule has 0 saturated carbocycles. The Bertz CT molecular complexity index is 412. The van der Waals surface area contributed by atoms with Gasteiger partial charge in [-0.3, -0.25) is 0 Å². The third-order valence-electron chi connectivity index (χ3n) is 3.44. The first-order chi connectivity index (χ1) is 8.86. The van der Waals surface area contributed by atoms with Crippen LogP contribution in [0.4, 0.5) is 0 Å². The number of rotatable bonds is 6. The molecule has 1 N–H and O–H groups in total. The van der Waals surface area contributed by atoms with E-state index in [0.29, 0.717) is 12.6 Å². The zero-order chi connectivity index (χ0) is 12.8. The third kappa shape index (κ3) is 2.94. The van der Waals surface area contributed by atoms with Crippen LogP contribution < -0.4 is 10.1 Å². The number of ether oxygens (including phenoxy) is 1. The second-order valence-electron chi connectivity index (χ2n) is 4.75. The molecule has 0 saturated heterocycles. The van der Waals surface area contributed by atoms with E-state index in [-0.39, 0.29) is 0 Å². The van der Waals surface area contributed by atoms with Crippen LogP contribution in [0.3, 0.4) is 0 Å². The van der Waals surface area contributed by atoms with Gasteiger partial charge in [-0.05, 0) is 49.9 Å². The molecule has 0 radical (unpaired) electrons. The SMILES string of the molecule is CC=CCOc1cccc2c1CCC2NCCC. The Balaban J connectivity index is 2.09. The fourth-order valence-corrected chi connectivity index (χ4v) is 2.52. The molecule has 2 rings (SSSR count). The van der Waals surface area contributed by atoms with Gasteiger partial charge in [-0.2, -0.15) is 0 Å². The molecular formula is C16H23NO. The summed E-state index contributed by atoms with van der Waals surface area (Å²) in [6.07, 6.45) is 7.57. The number of hydrogen-bond acceptors (Lipinski definition) is 2. The number of hydrogen-bond donors (Lipinski definition) is 1. The molecule has 0 heterocycles. The summed E-state index contributed by atoms with van der Waals surface area (Å²) in [7, 11) is 0. The van der Waals surface area contributed by atoms with Crippen LogP contribution >= 0.6 is 0 Å². The molecule has 1 aromatic carbocycles. The average Bonchev–Trinajstić information content (AvgIpc) is 2.81. The summed E-state index contributed by atoms with van der Waals surface area (Å²) < 4.78 is 5.83. The number of nitrogens with one attached hydrogen (secondary N) is 1. The molecule has 98 valence electrons. The van der Waals surface area contributed by atoms with Gasteiger partial charge in [0.2, 0.25) is 0 Å². The predicted molar refractivity (Wildman–Crippen MR) is 76.1 cm³/mol. The fraction of sp³-hybridized carbons (Fsp3) is 0.500. The van der Waals surface area contributed by atoms with Crippen LogP contribution in [0.1, 0.15) is 43.9 Å². The van der Waals surface area contributed by atoms with Crippen molar-refractivity contribution in [2.45, 2.75) is 39.2 Å². The van der Waals surface area contributed by atoms with E-state index in [1.54, 1.807) is 0 Å². The highest BCUT2D eigenvalue weighted by Gasteiger charge is 2.24. The average molecular weight is 245 g/mol. The summed E-state index contributed by atoms with van der Waals surface area (Å²) in [5, 5.41) is 3.61. The van der Waals surface area contributed by atoms with E-state index in [9.17, 15) is 0 Å². The standard InChI is InChI=1S/C16H23NO/c1-3-5-12-18-16-8-6-7-13-14(16)9-10-15(13)17-11-4-2/h3,5-8,15,17H,4,9-12H2,1-2H3. The lowest BCUT2D eigenvalue weighted by atomic mass is 10.1. The summed E-state index contributed by atoms with van der Waals surface area (Å²) >= 11 is 0. The molecular weight excluding hydrogens is 222 g/mol. The van der Waals surface area contributed by atoms with Gasteiger partial charge in [-0.25, -0.2) is 0 Å². The van der Waals surface area contributed by atoms with Crippen LogP contribution in [0, 0.1) is 0 Å². The Morgan fingerprint density at radius 2 is 2.33 bits per heavy atom. The van der Waals surface area contributed by atoms with Crippen molar-refractivity contribution >= 4 is 0 Å². The molecule has 0 spiro atoms. The predicted octanol–water partition coefficient (Wildman–Crippen LogP) is 3.63. The van der Waals surface area contributed by atoms with Gasteiger partial charge in [0.1, 0.15) is 12.4 Å². The normalized spacial score (nSPS) is 18.2. The molecule has 18 heavy (non-hydrogen) atoms. The van der Waals surface area contributed by atoms with Crippen LogP contribution in [0.25, 0.3) is 0 Å². The molecule has 0 bridgehead atoms. The summed E-state index contributed by atoms with van der Waals surface area (Å²) in [4.78, 5) is 0. The lowest BCUT2D eigenvalue weighted by Gasteiger charge is -2.14. The van der Waals surface area contributed by atoms with Gasteiger partial charge >= 0.3 is 0 Å². The molecule has 2 nitrogen and oxygen atoms in total. The van der Waals surface area contributed by atoms with Crippen molar-refractivity contribution in [2.75, 3.05) is 13.2 Å². The Morgan fingerprint density at radius 1 is 1.44 bits per heavy atom. The first-order valence-electron chi connectivity index (χ1n) is 6.96. The van der Waals surface area contributed by atoms with Crippen molar-refractivity contribution in [2.24, 2.45) is 0 Å². The minimum atomic E-state index is 0.519. The highest BCUT2D eigenvalue weighted by atomic mass is 16.5. The van der Waals surface area contributed by atoms with E-state index in [2.05, 4.69) is 30.4 Å². The van der Waals surface area contributed by atoms with Crippen molar-refractivity contribution in [3.63, 3.8) is 0 Å². The van der Waals surface area contributed by atoms with Crippen molar-refractivity contribution < 1.29 is 4.74 Å². The van der Waals surface area contributed by atoms with E-state index in [4.69, 9.17) is 4.74 Å². The van der Waals surface area contributed by atoms with Gasteiger partial charge in [0.15, 0.2) is 0 Å². The molecule has 0 aliphatic heterocycles. The molecule has 1 aliphatic carbocycles. The number of benzene rings is 1. The van der Waals surface area contributed by atoms with Gasteiger partial charge in [0.25, 0.3) is 0 Å². The summed E-state index contributed by atoms with van der Waals surface area (Å²) in [5.74, 6) is 1.06. The van der Waals surface area contributed by atoms with Crippen molar-refractivity contribution in [3.05, 3.63) is 41.5 Å². The maximum atomic E-state index is 5.83. The lowest BCUT2D eigenvalue weighted by molar-refractivity contribution is 0.359. The van der Waals surface area contributed by atoms with Crippen molar-refractivity contribution in [3.8, 4) is 5.75 Å². The van der Waals surface area contributed by atoms with Crippen LogP contribution in [-0.2, 0) is 6.42 Å². The van der Waals surface area contributed by atoms with Gasteiger partial charge in [-0.15, -0.1) is 0 Å². The number of fused-ring (bicyclic) bond motifs is 1. The summed E-state index contributed by atoms with van der Waals surface area (Å²) in [6, 6.07) is 6.95. The Kier molecular flexibility index (Phi) is 4.82. The van der Waals surface area contributed by atoms with E-state index >= 15 is 0 Å². The molecule has 2 heteroatoms. The fourth-order valence-electron chi connectivity index (χ4n) is 2.52. The quantitative estimate of drug-likeness (QED) is 0.773. The lowest BCUT2D eigenvalue weighted by Crippen LogP contribution is -2.19. The molecule has 0 amide bonds. The topological polar surface area (TPSA) is 21.3 Å². The van der Waals surface area contributed by atoms with Crippen molar-refractivity contribution in [1.82, 2.24) is 5.32 Å². The Hall–Kier alpha value is -1.28. The molecule has 0 aromatic heterocycles. The smallest absolute Gasteiger partial charge is 0.123 e. The molecule has 1 atom stereocenters. The first kappa shape index (κ1) is 13.2. The first-order valence-corrected chi connectivity index (χ1v) is 6.96. The van der Waals surface area contributed by atoms with E-state index in [0.717, 1.165) is 18.7 Å². The Morgan fingerprint density at radius 3 is 3.11 bits per heavy atom. The summed E-state index contributed by atoms with van der Waals surface area (Å²) in [5.41, 5.74) is 2.83. The van der Waals surface area contributed by atoms with E-state index in [1.807, 2.05) is 19.1 Å². The van der Waals surface area contributed by atoms with Crippen molar-refractivity contribution in [1.29, 1.82) is 0 Å². The largest absolute Gasteiger partial charge is 0.489 e. The van der Waals surface area contributed by atoms with Gasteiger partial charge in [0.05, 0.1) is 0 Å². The van der Waals surface area contributed by atoms with Gasteiger partial charge < -0.3 is 10.1 Å². The van der Waals surface area contributed by atoms with Gasteiger partial charge in [0, 0.05) is 6.04 Å². The molecule has 1 unspecified atom stereocenters. The highest BCUT2D eigenvalue weighted by Crippen LogP contribution is 2.36. The minimum Gasteiger partial charge on any atom is -0.489 e. The van der Waals surface area contributed by atoms with Crippen LogP contribution in [-0.4, -0.2) is 13.2 Å². The third-order valence-corrected chi connectivity index (χ3v) is 3.44. The van der Waals surface area contributed by atoms with E-state index < -0.39 is 0 Å². The second-order valence-corrected chi connectivity index (χ2v) is 4.75. The van der Waals surface area contributed by atoms with Crippen LogP contribution in [0.2, 0.25) is 0 Å². The highest BCUT2D eigenvalue weighted by molar-refractivity contribution is 5.45. The molecule has 1 aliphatic rings. The zero-order valence-corrected chi connectivity index (χ0v) is 11.4. The Labute approximate surface area is 110 Å². The summed E-state index contributed by atoms with van der Waals surface area (Å²) in [6.45, 7) is 5.98. The van der Waals surface area contributed by atoms with E-state index in [1.165, 1.54) is 24.0 Å². The molecule has 1 aromatic rings. The zero-order valence-electron chi connectivity index (χ0n) is 11.4. The van der Waals surface area contributed by atoms with Crippen LogP contribution in [0.15, 0.2) is 30.4 Å². The molecule has 0 fully saturated rings. The maximum absolute atomic E-state index is 5.83. The number of allylic oxidation sites excluding steroid dienone is 1. The van der Waals surface area contributed by atoms with Gasteiger partial charge in [-0.1, -0.05) is 31.2 Å². The maximum Gasteiger partial charge on any atom is 0.123 e. The monoisotopic (exact) mass is 245 g/mol. The van der Waals surface area contributed by atoms with Crippen LogP contribution in [0.5, 0.6) is 5.75 Å².